The normalized spacial score (nSPS) is 16.0. The molecule has 31 heavy (non-hydrogen) atoms. The Labute approximate surface area is 179 Å². The monoisotopic (exact) mass is 418 g/mol. The van der Waals surface area contributed by atoms with Crippen molar-refractivity contribution in [2.75, 3.05) is 6.61 Å². The van der Waals surface area contributed by atoms with E-state index in [4.69, 9.17) is 13.6 Å². The largest absolute Gasteiger partial charge is 0.467 e. The number of hydrogen-bond acceptors (Lipinski definition) is 6. The van der Waals surface area contributed by atoms with Gasteiger partial charge < -0.3 is 13.6 Å². The summed E-state index contributed by atoms with van der Waals surface area (Å²) >= 11 is 0. The molecular formula is C24H22N2O5. The minimum absolute atomic E-state index is 0.390. The van der Waals surface area contributed by atoms with Gasteiger partial charge in [0.2, 0.25) is 0 Å². The summed E-state index contributed by atoms with van der Waals surface area (Å²) in [5, 5.41) is 5.85. The molecule has 0 saturated heterocycles. The number of rotatable bonds is 6. The van der Waals surface area contributed by atoms with E-state index in [0.29, 0.717) is 17.9 Å². The smallest absolute Gasteiger partial charge is 0.331 e. The molecule has 0 N–H and O–H groups in total. The summed E-state index contributed by atoms with van der Waals surface area (Å²) in [5.74, 6) is 0.825. The molecule has 1 aromatic carbocycles. The Kier molecular flexibility index (Phi) is 5.84. The van der Waals surface area contributed by atoms with E-state index >= 15 is 0 Å². The summed E-state index contributed by atoms with van der Waals surface area (Å²) < 4.78 is 16.0. The number of hydrogen-bond donors (Lipinski definition) is 0. The lowest BCUT2D eigenvalue weighted by Crippen LogP contribution is -2.31. The van der Waals surface area contributed by atoms with Crippen molar-refractivity contribution < 1.29 is 23.2 Å². The molecule has 1 amide bonds. The fourth-order valence-corrected chi connectivity index (χ4v) is 3.30. The number of ether oxygens (including phenoxy) is 1. The first-order valence-corrected chi connectivity index (χ1v) is 9.91. The van der Waals surface area contributed by atoms with E-state index in [9.17, 15) is 9.59 Å². The van der Waals surface area contributed by atoms with Crippen LogP contribution in [-0.2, 0) is 14.3 Å². The maximum atomic E-state index is 12.8. The molecule has 7 nitrogen and oxygen atoms in total. The van der Waals surface area contributed by atoms with Gasteiger partial charge in [-0.25, -0.2) is 9.80 Å². The van der Waals surface area contributed by atoms with Crippen LogP contribution < -0.4 is 0 Å². The molecule has 7 heteroatoms. The van der Waals surface area contributed by atoms with E-state index in [1.165, 1.54) is 17.2 Å². The minimum Gasteiger partial charge on any atom is -0.467 e. The highest BCUT2D eigenvalue weighted by Gasteiger charge is 2.35. The third-order valence-electron chi connectivity index (χ3n) is 4.91. The van der Waals surface area contributed by atoms with Crippen LogP contribution in [0.25, 0.3) is 6.08 Å². The second-order valence-corrected chi connectivity index (χ2v) is 7.28. The average Bonchev–Trinajstić information content (AvgIpc) is 3.51. The fraction of sp³-hybridized carbons (Fsp3) is 0.208. The van der Waals surface area contributed by atoms with Gasteiger partial charge in [0.1, 0.15) is 23.3 Å². The first-order chi connectivity index (χ1) is 15.0. The van der Waals surface area contributed by atoms with Crippen molar-refractivity contribution in [3.05, 3.63) is 89.3 Å². The Morgan fingerprint density at radius 1 is 1.16 bits per heavy atom. The van der Waals surface area contributed by atoms with Gasteiger partial charge in [0, 0.05) is 12.5 Å². The second-order valence-electron chi connectivity index (χ2n) is 7.28. The summed E-state index contributed by atoms with van der Waals surface area (Å²) in [6.45, 7) is 3.39. The van der Waals surface area contributed by atoms with Gasteiger partial charge >= 0.3 is 5.97 Å². The molecule has 3 aromatic rings. The highest BCUT2D eigenvalue weighted by Crippen LogP contribution is 2.33. The molecule has 0 saturated carbocycles. The van der Waals surface area contributed by atoms with Crippen LogP contribution in [0.1, 0.15) is 40.9 Å². The number of hydrazone groups is 1. The van der Waals surface area contributed by atoms with Crippen molar-refractivity contribution in [1.29, 1.82) is 0 Å². The van der Waals surface area contributed by atoms with Crippen LogP contribution >= 0.6 is 0 Å². The van der Waals surface area contributed by atoms with E-state index in [-0.39, 0.29) is 6.04 Å². The van der Waals surface area contributed by atoms with Crippen molar-refractivity contribution in [2.45, 2.75) is 26.3 Å². The molecule has 0 radical (unpaired) electrons. The van der Waals surface area contributed by atoms with Crippen LogP contribution in [0.5, 0.6) is 0 Å². The first kappa shape index (κ1) is 20.4. The summed E-state index contributed by atoms with van der Waals surface area (Å²) in [6, 6.07) is 14.7. The van der Waals surface area contributed by atoms with Crippen LogP contribution in [0, 0.1) is 13.8 Å². The molecule has 4 rings (SSSR count). The van der Waals surface area contributed by atoms with Gasteiger partial charge in [-0.15, -0.1) is 0 Å². The van der Waals surface area contributed by atoms with E-state index in [2.05, 4.69) is 5.10 Å². The topological polar surface area (TPSA) is 85.3 Å². The lowest BCUT2D eigenvalue weighted by molar-refractivity contribution is -0.149. The zero-order valence-corrected chi connectivity index (χ0v) is 17.3. The van der Waals surface area contributed by atoms with E-state index in [1.807, 2.05) is 38.1 Å². The van der Waals surface area contributed by atoms with Crippen molar-refractivity contribution in [1.82, 2.24) is 5.01 Å². The van der Waals surface area contributed by atoms with Gasteiger partial charge in [-0.3, -0.25) is 4.79 Å². The molecule has 0 aliphatic carbocycles. The summed E-state index contributed by atoms with van der Waals surface area (Å²) in [6.07, 6.45) is 4.78. The number of carbonyl (C=O) groups is 2. The number of aryl methyl sites for hydroxylation is 2. The highest BCUT2D eigenvalue weighted by molar-refractivity contribution is 6.03. The van der Waals surface area contributed by atoms with Crippen molar-refractivity contribution >= 4 is 23.7 Å². The molecule has 1 aliphatic rings. The predicted molar refractivity (Wildman–Crippen MR) is 114 cm³/mol. The summed E-state index contributed by atoms with van der Waals surface area (Å²) in [5.41, 5.74) is 2.85. The standard InChI is InChI=1S/C24H22N2O5/c1-16-5-8-18(9-6-16)20-14-21(22-4-3-13-29-22)26(25-20)23(27)15-30-24(28)12-11-19-10-7-17(2)31-19/h3-13,21H,14-15H2,1-2H3/b12-11+. The number of nitrogens with zero attached hydrogens (tertiary/aromatic N) is 2. The third kappa shape index (κ3) is 4.83. The average molecular weight is 418 g/mol. The molecular weight excluding hydrogens is 396 g/mol. The molecule has 1 atom stereocenters. The number of esters is 1. The Morgan fingerprint density at radius 2 is 1.97 bits per heavy atom. The number of carbonyl (C=O) groups excluding carboxylic acids is 2. The zero-order chi connectivity index (χ0) is 21.8. The lowest BCUT2D eigenvalue weighted by Gasteiger charge is -2.19. The molecule has 0 bridgehead atoms. The van der Waals surface area contributed by atoms with E-state index < -0.39 is 18.5 Å². The van der Waals surface area contributed by atoms with Crippen molar-refractivity contribution in [3.8, 4) is 0 Å². The molecule has 0 spiro atoms. The van der Waals surface area contributed by atoms with Gasteiger partial charge in [-0.2, -0.15) is 5.10 Å². The van der Waals surface area contributed by atoms with E-state index in [1.54, 1.807) is 30.5 Å². The predicted octanol–water partition coefficient (Wildman–Crippen LogP) is 4.42. The molecule has 1 aliphatic heterocycles. The molecule has 0 fully saturated rings. The van der Waals surface area contributed by atoms with Crippen LogP contribution in [0.15, 0.2) is 74.8 Å². The van der Waals surface area contributed by atoms with Crippen molar-refractivity contribution in [3.63, 3.8) is 0 Å². The highest BCUT2D eigenvalue weighted by atomic mass is 16.5. The molecule has 158 valence electrons. The number of benzene rings is 1. The Morgan fingerprint density at radius 3 is 2.65 bits per heavy atom. The van der Waals surface area contributed by atoms with Gasteiger partial charge in [0.05, 0.1) is 12.0 Å². The quantitative estimate of drug-likeness (QED) is 0.437. The van der Waals surface area contributed by atoms with Gasteiger partial charge in [0.25, 0.3) is 5.91 Å². The van der Waals surface area contributed by atoms with E-state index in [0.717, 1.165) is 22.6 Å². The SMILES string of the molecule is Cc1ccc(C2=NN(C(=O)COC(=O)/C=C/c3ccc(C)o3)C(c3ccco3)C2)cc1. The number of furan rings is 2. The third-order valence-corrected chi connectivity index (χ3v) is 4.91. The minimum atomic E-state index is -0.640. The first-order valence-electron chi connectivity index (χ1n) is 9.91. The maximum Gasteiger partial charge on any atom is 0.331 e. The lowest BCUT2D eigenvalue weighted by atomic mass is 10.0. The summed E-state index contributed by atoms with van der Waals surface area (Å²) in [7, 11) is 0. The maximum absolute atomic E-state index is 12.8. The van der Waals surface area contributed by atoms with Crippen LogP contribution in [0.3, 0.4) is 0 Å². The van der Waals surface area contributed by atoms with Gasteiger partial charge in [-0.05, 0) is 49.8 Å². The van der Waals surface area contributed by atoms with Crippen molar-refractivity contribution in [2.24, 2.45) is 5.10 Å². The van der Waals surface area contributed by atoms with Crippen LogP contribution in [0.2, 0.25) is 0 Å². The molecule has 3 heterocycles. The molecule has 1 unspecified atom stereocenters. The Balaban J connectivity index is 1.45. The fourth-order valence-electron chi connectivity index (χ4n) is 3.30. The second kappa shape index (κ2) is 8.87. The Bertz CT molecular complexity index is 1120. The molecule has 2 aromatic heterocycles. The van der Waals surface area contributed by atoms with Gasteiger partial charge in [-0.1, -0.05) is 29.8 Å². The van der Waals surface area contributed by atoms with Gasteiger partial charge in [0.15, 0.2) is 6.61 Å². The van der Waals surface area contributed by atoms with Crippen LogP contribution in [0.4, 0.5) is 0 Å². The summed E-state index contributed by atoms with van der Waals surface area (Å²) in [4.78, 5) is 24.8. The Hall–Kier alpha value is -3.87. The zero-order valence-electron chi connectivity index (χ0n) is 17.3. The number of amides is 1. The van der Waals surface area contributed by atoms with Crippen LogP contribution in [-0.4, -0.2) is 29.2 Å².